The number of aromatic carboxylic acids is 1. The summed E-state index contributed by atoms with van der Waals surface area (Å²) >= 11 is 0. The van der Waals surface area contributed by atoms with Crippen molar-refractivity contribution in [3.8, 4) is 0 Å². The summed E-state index contributed by atoms with van der Waals surface area (Å²) in [5.41, 5.74) is 5.65. The van der Waals surface area contributed by atoms with Crippen molar-refractivity contribution in [2.45, 2.75) is 6.92 Å². The van der Waals surface area contributed by atoms with Gasteiger partial charge in [-0.1, -0.05) is 0 Å². The molecule has 0 amide bonds. The second kappa shape index (κ2) is 3.95. The first-order valence-corrected chi connectivity index (χ1v) is 4.26. The number of carboxylic acids is 1. The third kappa shape index (κ3) is 2.12. The summed E-state index contributed by atoms with van der Waals surface area (Å²) in [5.74, 6) is -0.199. The number of hydrogen-bond acceptors (Lipinski definition) is 4. The molecule has 0 saturated heterocycles. The highest BCUT2D eigenvalue weighted by atomic mass is 16.4. The highest BCUT2D eigenvalue weighted by molar-refractivity contribution is 5.89. The van der Waals surface area contributed by atoms with Crippen LogP contribution in [0.1, 0.15) is 17.3 Å². The molecule has 3 N–H and O–H groups in total. The maximum Gasteiger partial charge on any atom is 0.335 e. The normalized spacial score (nSPS) is 9.86. The molecule has 5 nitrogen and oxygen atoms in total. The number of nitrogens with two attached hydrogens (primary N) is 1. The number of rotatable bonds is 3. The summed E-state index contributed by atoms with van der Waals surface area (Å²) in [7, 11) is 1.83. The van der Waals surface area contributed by atoms with Gasteiger partial charge < -0.3 is 15.7 Å². The molecule has 0 bridgehead atoms. The Kier molecular flexibility index (Phi) is 2.91. The topological polar surface area (TPSA) is 79.5 Å². The van der Waals surface area contributed by atoms with Gasteiger partial charge in [0.15, 0.2) is 0 Å². The predicted octanol–water partition coefficient (Wildman–Crippen LogP) is 0.818. The average molecular weight is 195 g/mol. The zero-order valence-corrected chi connectivity index (χ0v) is 8.19. The molecular weight excluding hydrogens is 182 g/mol. The number of carboxylic acid groups (broad SMARTS) is 1. The van der Waals surface area contributed by atoms with Crippen LogP contribution < -0.4 is 10.6 Å². The van der Waals surface area contributed by atoms with E-state index < -0.39 is 5.97 Å². The van der Waals surface area contributed by atoms with Crippen LogP contribution in [0, 0.1) is 0 Å². The van der Waals surface area contributed by atoms with E-state index in [1.54, 1.807) is 0 Å². The predicted molar refractivity (Wildman–Crippen MR) is 54.6 cm³/mol. The summed E-state index contributed by atoms with van der Waals surface area (Å²) < 4.78 is 0. The van der Waals surface area contributed by atoms with E-state index in [0.717, 1.165) is 6.54 Å². The van der Waals surface area contributed by atoms with E-state index in [1.165, 1.54) is 12.1 Å². The Labute approximate surface area is 82.2 Å². The first-order valence-electron chi connectivity index (χ1n) is 4.26. The van der Waals surface area contributed by atoms with Crippen LogP contribution in [0.5, 0.6) is 0 Å². The van der Waals surface area contributed by atoms with Crippen LogP contribution in [0.4, 0.5) is 11.6 Å². The van der Waals surface area contributed by atoms with E-state index in [4.69, 9.17) is 10.8 Å². The highest BCUT2D eigenvalue weighted by Crippen LogP contribution is 2.14. The Morgan fingerprint density at radius 3 is 2.79 bits per heavy atom. The van der Waals surface area contributed by atoms with E-state index in [0.29, 0.717) is 5.82 Å². The number of nitrogen functional groups attached to an aromatic ring is 1. The molecule has 0 atom stereocenters. The molecule has 1 rings (SSSR count). The van der Waals surface area contributed by atoms with Crippen molar-refractivity contribution in [1.82, 2.24) is 4.98 Å². The van der Waals surface area contributed by atoms with Gasteiger partial charge in [0.25, 0.3) is 0 Å². The fraction of sp³-hybridized carbons (Fsp3) is 0.333. The Bertz CT molecular complexity index is 352. The first kappa shape index (κ1) is 10.3. The van der Waals surface area contributed by atoms with Crippen LogP contribution in [0.25, 0.3) is 0 Å². The Morgan fingerprint density at radius 2 is 2.29 bits per heavy atom. The molecule has 1 aromatic rings. The summed E-state index contributed by atoms with van der Waals surface area (Å²) in [4.78, 5) is 16.6. The van der Waals surface area contributed by atoms with Crippen LogP contribution in [0.3, 0.4) is 0 Å². The summed E-state index contributed by atoms with van der Waals surface area (Å²) in [6.45, 7) is 2.70. The number of aromatic nitrogens is 1. The minimum atomic E-state index is -0.996. The van der Waals surface area contributed by atoms with Crippen LogP contribution in [-0.4, -0.2) is 29.7 Å². The van der Waals surface area contributed by atoms with Gasteiger partial charge in [0.1, 0.15) is 11.6 Å². The average Bonchev–Trinajstić information content (AvgIpc) is 2.15. The van der Waals surface area contributed by atoms with Gasteiger partial charge in [0, 0.05) is 13.6 Å². The lowest BCUT2D eigenvalue weighted by Crippen LogP contribution is -2.18. The third-order valence-corrected chi connectivity index (χ3v) is 1.94. The Morgan fingerprint density at radius 1 is 1.64 bits per heavy atom. The van der Waals surface area contributed by atoms with E-state index in [9.17, 15) is 4.79 Å². The molecule has 0 unspecified atom stereocenters. The molecule has 5 heteroatoms. The molecule has 0 spiro atoms. The van der Waals surface area contributed by atoms with Crippen LogP contribution in [0.2, 0.25) is 0 Å². The summed E-state index contributed by atoms with van der Waals surface area (Å²) in [5, 5.41) is 8.79. The molecule has 0 fully saturated rings. The van der Waals surface area contributed by atoms with Crippen LogP contribution in [-0.2, 0) is 0 Å². The van der Waals surface area contributed by atoms with E-state index >= 15 is 0 Å². The second-order valence-corrected chi connectivity index (χ2v) is 2.96. The Hall–Kier alpha value is -1.78. The van der Waals surface area contributed by atoms with Gasteiger partial charge in [0.2, 0.25) is 0 Å². The van der Waals surface area contributed by atoms with Crippen LogP contribution in [0.15, 0.2) is 12.1 Å². The van der Waals surface area contributed by atoms with Crippen molar-refractivity contribution in [1.29, 1.82) is 0 Å². The fourth-order valence-corrected chi connectivity index (χ4v) is 1.02. The molecule has 0 aliphatic rings. The van der Waals surface area contributed by atoms with Gasteiger partial charge in [-0.25, -0.2) is 9.78 Å². The Balaban J connectivity index is 3.13. The van der Waals surface area contributed by atoms with Gasteiger partial charge in [-0.15, -0.1) is 0 Å². The SMILES string of the molecule is CCN(C)c1cc(C(=O)O)cc(N)n1. The molecule has 0 aromatic carbocycles. The minimum absolute atomic E-state index is 0.160. The van der Waals surface area contributed by atoms with E-state index in [1.807, 2.05) is 18.9 Å². The number of anilines is 2. The van der Waals surface area contributed by atoms with Crippen molar-refractivity contribution >= 4 is 17.6 Å². The lowest BCUT2D eigenvalue weighted by atomic mass is 10.2. The zero-order valence-electron chi connectivity index (χ0n) is 8.19. The van der Waals surface area contributed by atoms with Crippen molar-refractivity contribution in [2.24, 2.45) is 0 Å². The maximum atomic E-state index is 10.7. The molecule has 0 aliphatic carbocycles. The molecule has 0 aliphatic heterocycles. The second-order valence-electron chi connectivity index (χ2n) is 2.96. The number of hydrogen-bond donors (Lipinski definition) is 2. The van der Waals surface area contributed by atoms with Crippen molar-refractivity contribution < 1.29 is 9.90 Å². The smallest absolute Gasteiger partial charge is 0.335 e. The number of carbonyl (C=O) groups is 1. The van der Waals surface area contributed by atoms with E-state index in [2.05, 4.69) is 4.98 Å². The van der Waals surface area contributed by atoms with Gasteiger partial charge in [-0.3, -0.25) is 0 Å². The molecule has 0 saturated carbocycles. The lowest BCUT2D eigenvalue weighted by Gasteiger charge is -2.16. The molecule has 1 aromatic heterocycles. The maximum absolute atomic E-state index is 10.7. The molecule has 0 radical (unpaired) electrons. The third-order valence-electron chi connectivity index (χ3n) is 1.94. The largest absolute Gasteiger partial charge is 0.478 e. The summed E-state index contributed by atoms with van der Waals surface area (Å²) in [6.07, 6.45) is 0. The van der Waals surface area contributed by atoms with Crippen LogP contribution >= 0.6 is 0 Å². The lowest BCUT2D eigenvalue weighted by molar-refractivity contribution is 0.0697. The fourth-order valence-electron chi connectivity index (χ4n) is 1.02. The first-order chi connectivity index (χ1) is 6.54. The standard InChI is InChI=1S/C9H13N3O2/c1-3-12(2)8-5-6(9(13)14)4-7(10)11-8/h4-5H,3H2,1-2H3,(H2,10,11)(H,13,14). The number of pyridine rings is 1. The van der Waals surface area contributed by atoms with Gasteiger partial charge in [-0.2, -0.15) is 0 Å². The molecule has 76 valence electrons. The van der Waals surface area contributed by atoms with Gasteiger partial charge >= 0.3 is 5.97 Å². The minimum Gasteiger partial charge on any atom is -0.478 e. The van der Waals surface area contributed by atoms with E-state index in [-0.39, 0.29) is 11.4 Å². The molecular formula is C9H13N3O2. The van der Waals surface area contributed by atoms with Crippen molar-refractivity contribution in [3.05, 3.63) is 17.7 Å². The molecule has 1 heterocycles. The molecule has 14 heavy (non-hydrogen) atoms. The zero-order chi connectivity index (χ0) is 10.7. The van der Waals surface area contributed by atoms with Gasteiger partial charge in [-0.05, 0) is 19.1 Å². The van der Waals surface area contributed by atoms with Gasteiger partial charge in [0.05, 0.1) is 5.56 Å². The van der Waals surface area contributed by atoms with Crippen molar-refractivity contribution in [2.75, 3.05) is 24.2 Å². The quantitative estimate of drug-likeness (QED) is 0.746. The monoisotopic (exact) mass is 195 g/mol. The summed E-state index contributed by atoms with van der Waals surface area (Å²) in [6, 6.07) is 2.84. The van der Waals surface area contributed by atoms with Crippen molar-refractivity contribution in [3.63, 3.8) is 0 Å². The highest BCUT2D eigenvalue weighted by Gasteiger charge is 2.08. The number of nitrogens with zero attached hydrogens (tertiary/aromatic N) is 2.